The zero-order valence-electron chi connectivity index (χ0n) is 11.9. The van der Waals surface area contributed by atoms with E-state index in [0.29, 0.717) is 0 Å². The Morgan fingerprint density at radius 2 is 2.20 bits per heavy atom. The molecule has 1 aliphatic rings. The highest BCUT2D eigenvalue weighted by molar-refractivity contribution is 7.03. The quantitative estimate of drug-likeness (QED) is 0.885. The third-order valence-corrected chi connectivity index (χ3v) is 4.50. The fraction of sp³-hybridized carbons (Fsp3) is 0.500. The standard InChI is InChI=1S/C16H21N3S/c1-2-8-17-15(16-11-20-19-18-16)10-12-6-7-13-4-3-5-14(13)9-12/h6-7,9,11,15,17H,2-5,8,10H2,1H3. The number of aromatic nitrogens is 2. The predicted octanol–water partition coefficient (Wildman–Crippen LogP) is 3.31. The van der Waals surface area contributed by atoms with E-state index in [0.717, 1.165) is 25.1 Å². The Labute approximate surface area is 124 Å². The first-order valence-corrected chi connectivity index (χ1v) is 8.31. The predicted molar refractivity (Wildman–Crippen MR) is 83.1 cm³/mol. The molecule has 1 unspecified atom stereocenters. The largest absolute Gasteiger partial charge is 0.308 e. The molecule has 1 aliphatic carbocycles. The van der Waals surface area contributed by atoms with Gasteiger partial charge in [0, 0.05) is 5.38 Å². The number of benzene rings is 1. The average Bonchev–Trinajstić information content (AvgIpc) is 3.13. The summed E-state index contributed by atoms with van der Waals surface area (Å²) in [7, 11) is 0. The molecule has 1 heterocycles. The highest BCUT2D eigenvalue weighted by Gasteiger charge is 2.16. The molecule has 1 N–H and O–H groups in total. The van der Waals surface area contributed by atoms with Crippen LogP contribution < -0.4 is 5.32 Å². The molecule has 0 aliphatic heterocycles. The Hall–Kier alpha value is -1.26. The van der Waals surface area contributed by atoms with Crippen molar-refractivity contribution in [1.82, 2.24) is 14.9 Å². The van der Waals surface area contributed by atoms with E-state index in [1.165, 1.54) is 36.4 Å². The maximum atomic E-state index is 4.24. The van der Waals surface area contributed by atoms with E-state index in [9.17, 15) is 0 Å². The maximum absolute atomic E-state index is 4.24. The van der Waals surface area contributed by atoms with Gasteiger partial charge in [-0.15, -0.1) is 5.10 Å². The normalized spacial score (nSPS) is 15.2. The van der Waals surface area contributed by atoms with Crippen LogP contribution in [0.4, 0.5) is 0 Å². The van der Waals surface area contributed by atoms with Gasteiger partial charge in [0.2, 0.25) is 0 Å². The zero-order chi connectivity index (χ0) is 13.8. The van der Waals surface area contributed by atoms with Gasteiger partial charge < -0.3 is 5.32 Å². The number of nitrogens with zero attached hydrogens (tertiary/aromatic N) is 2. The van der Waals surface area contributed by atoms with E-state index in [-0.39, 0.29) is 6.04 Å². The van der Waals surface area contributed by atoms with Crippen molar-refractivity contribution < 1.29 is 0 Å². The lowest BCUT2D eigenvalue weighted by atomic mass is 9.99. The first-order valence-electron chi connectivity index (χ1n) is 7.48. The van der Waals surface area contributed by atoms with Crippen LogP contribution in [0.2, 0.25) is 0 Å². The topological polar surface area (TPSA) is 37.8 Å². The minimum absolute atomic E-state index is 0.285. The molecule has 4 heteroatoms. The van der Waals surface area contributed by atoms with Crippen molar-refractivity contribution in [2.75, 3.05) is 6.54 Å². The number of nitrogens with one attached hydrogen (secondary N) is 1. The average molecular weight is 287 g/mol. The van der Waals surface area contributed by atoms with E-state index in [1.807, 2.05) is 0 Å². The Balaban J connectivity index is 1.75. The van der Waals surface area contributed by atoms with Crippen LogP contribution in [0, 0.1) is 0 Å². The molecule has 0 amide bonds. The summed E-state index contributed by atoms with van der Waals surface area (Å²) in [6.07, 6.45) is 5.95. The van der Waals surface area contributed by atoms with Gasteiger partial charge in [-0.2, -0.15) is 0 Å². The second-order valence-corrected chi connectivity index (χ2v) is 6.11. The molecule has 20 heavy (non-hydrogen) atoms. The number of hydrogen-bond donors (Lipinski definition) is 1. The fourth-order valence-electron chi connectivity index (χ4n) is 2.91. The smallest absolute Gasteiger partial charge is 0.0928 e. The van der Waals surface area contributed by atoms with Crippen molar-refractivity contribution in [3.63, 3.8) is 0 Å². The van der Waals surface area contributed by atoms with Crippen LogP contribution in [0.25, 0.3) is 0 Å². The number of hydrogen-bond acceptors (Lipinski definition) is 4. The molecule has 1 aromatic heterocycles. The van der Waals surface area contributed by atoms with Crippen molar-refractivity contribution in [2.24, 2.45) is 0 Å². The van der Waals surface area contributed by atoms with Crippen LogP contribution in [0.15, 0.2) is 23.6 Å². The molecule has 2 aromatic rings. The monoisotopic (exact) mass is 287 g/mol. The van der Waals surface area contributed by atoms with E-state index in [4.69, 9.17) is 0 Å². The van der Waals surface area contributed by atoms with E-state index in [2.05, 4.69) is 45.4 Å². The summed E-state index contributed by atoms with van der Waals surface area (Å²) in [4.78, 5) is 0. The number of rotatable bonds is 6. The molecule has 0 spiro atoms. The summed E-state index contributed by atoms with van der Waals surface area (Å²) in [6, 6.07) is 7.27. The zero-order valence-corrected chi connectivity index (χ0v) is 12.7. The molecular formula is C16H21N3S. The molecule has 0 bridgehead atoms. The molecule has 0 saturated carbocycles. The van der Waals surface area contributed by atoms with Gasteiger partial charge in [-0.05, 0) is 66.9 Å². The summed E-state index contributed by atoms with van der Waals surface area (Å²) in [5.74, 6) is 0. The summed E-state index contributed by atoms with van der Waals surface area (Å²) >= 11 is 1.43. The lowest BCUT2D eigenvalue weighted by Crippen LogP contribution is -2.24. The van der Waals surface area contributed by atoms with Crippen LogP contribution in [-0.2, 0) is 19.3 Å². The SMILES string of the molecule is CCCNC(Cc1ccc2c(c1)CCC2)c1csnn1. The van der Waals surface area contributed by atoms with Crippen LogP contribution in [0.1, 0.15) is 48.2 Å². The van der Waals surface area contributed by atoms with Gasteiger partial charge in [0.05, 0.1) is 11.7 Å². The van der Waals surface area contributed by atoms with E-state index in [1.54, 1.807) is 11.1 Å². The third-order valence-electron chi connectivity index (χ3n) is 3.98. The van der Waals surface area contributed by atoms with Crippen molar-refractivity contribution in [3.8, 4) is 0 Å². The Bertz CT molecular complexity index is 551. The molecule has 106 valence electrons. The lowest BCUT2D eigenvalue weighted by molar-refractivity contribution is 0.517. The maximum Gasteiger partial charge on any atom is 0.0928 e. The number of aryl methyl sites for hydroxylation is 2. The van der Waals surface area contributed by atoms with Crippen molar-refractivity contribution in [2.45, 2.75) is 45.1 Å². The summed E-state index contributed by atoms with van der Waals surface area (Å²) in [5, 5.41) is 9.89. The van der Waals surface area contributed by atoms with Crippen LogP contribution >= 0.6 is 11.5 Å². The summed E-state index contributed by atoms with van der Waals surface area (Å²) < 4.78 is 4.00. The highest BCUT2D eigenvalue weighted by Crippen LogP contribution is 2.25. The van der Waals surface area contributed by atoms with Gasteiger partial charge in [0.15, 0.2) is 0 Å². The summed E-state index contributed by atoms with van der Waals surface area (Å²) in [6.45, 7) is 3.21. The molecular weight excluding hydrogens is 266 g/mol. The number of fused-ring (bicyclic) bond motifs is 1. The molecule has 3 rings (SSSR count). The van der Waals surface area contributed by atoms with Gasteiger partial charge in [0.25, 0.3) is 0 Å². The minimum atomic E-state index is 0.285. The van der Waals surface area contributed by atoms with E-state index >= 15 is 0 Å². The molecule has 0 saturated heterocycles. The first kappa shape index (κ1) is 13.7. The van der Waals surface area contributed by atoms with Crippen molar-refractivity contribution >= 4 is 11.5 Å². The van der Waals surface area contributed by atoms with Gasteiger partial charge >= 0.3 is 0 Å². The molecule has 3 nitrogen and oxygen atoms in total. The second kappa shape index (κ2) is 6.46. The van der Waals surface area contributed by atoms with Crippen LogP contribution in [-0.4, -0.2) is 16.1 Å². The van der Waals surface area contributed by atoms with Gasteiger partial charge in [-0.25, -0.2) is 0 Å². The lowest BCUT2D eigenvalue weighted by Gasteiger charge is -2.16. The molecule has 0 fully saturated rings. The van der Waals surface area contributed by atoms with Gasteiger partial charge in [0.1, 0.15) is 0 Å². The first-order chi connectivity index (χ1) is 9.86. The second-order valence-electron chi connectivity index (χ2n) is 5.50. The van der Waals surface area contributed by atoms with E-state index < -0.39 is 0 Å². The summed E-state index contributed by atoms with van der Waals surface area (Å²) in [5.41, 5.74) is 5.58. The highest BCUT2D eigenvalue weighted by atomic mass is 32.1. The van der Waals surface area contributed by atoms with Gasteiger partial charge in [-0.1, -0.05) is 29.6 Å². The minimum Gasteiger partial charge on any atom is -0.308 e. The fourth-order valence-corrected chi connectivity index (χ4v) is 3.42. The van der Waals surface area contributed by atoms with Gasteiger partial charge in [-0.3, -0.25) is 0 Å². The molecule has 1 aromatic carbocycles. The molecule has 1 atom stereocenters. The Kier molecular flexibility index (Phi) is 4.43. The molecule has 0 radical (unpaired) electrons. The van der Waals surface area contributed by atoms with Crippen LogP contribution in [0.3, 0.4) is 0 Å². The Morgan fingerprint density at radius 1 is 1.30 bits per heavy atom. The third kappa shape index (κ3) is 3.07. The van der Waals surface area contributed by atoms with Crippen LogP contribution in [0.5, 0.6) is 0 Å². The van der Waals surface area contributed by atoms with Crippen molar-refractivity contribution in [1.29, 1.82) is 0 Å². The van der Waals surface area contributed by atoms with Crippen molar-refractivity contribution in [3.05, 3.63) is 46.0 Å². The Morgan fingerprint density at radius 3 is 3.00 bits per heavy atom.